The lowest BCUT2D eigenvalue weighted by Gasteiger charge is -2.33. The first kappa shape index (κ1) is 16.4. The molecule has 6 nitrogen and oxygen atoms in total. The highest BCUT2D eigenvalue weighted by molar-refractivity contribution is 7.86. The smallest absolute Gasteiger partial charge is 0.281 e. The Morgan fingerprint density at radius 3 is 2.35 bits per heavy atom. The average Bonchev–Trinajstić information content (AvgIpc) is 3.11. The van der Waals surface area contributed by atoms with Crippen molar-refractivity contribution in [3.05, 3.63) is 30.3 Å². The molecular weight excluding hydrogens is 314 g/mol. The van der Waals surface area contributed by atoms with E-state index in [1.54, 1.807) is 4.31 Å². The molecule has 2 fully saturated rings. The molecule has 0 spiro atoms. The number of benzene rings is 1. The van der Waals surface area contributed by atoms with E-state index in [9.17, 15) is 13.2 Å². The van der Waals surface area contributed by atoms with Gasteiger partial charge in [0.15, 0.2) is 0 Å². The summed E-state index contributed by atoms with van der Waals surface area (Å²) in [5, 5.41) is 2.88. The maximum atomic E-state index is 12.6. The SMILES string of the molecule is O=C(Nc1ccccc1)C1CCCN(S(=O)(=O)N2CCCC2)C1. The Labute approximate surface area is 137 Å². The van der Waals surface area contributed by atoms with Gasteiger partial charge in [0.2, 0.25) is 5.91 Å². The van der Waals surface area contributed by atoms with Crippen LogP contribution in [0.25, 0.3) is 0 Å². The van der Waals surface area contributed by atoms with Gasteiger partial charge in [0.05, 0.1) is 5.92 Å². The van der Waals surface area contributed by atoms with Gasteiger partial charge in [0.25, 0.3) is 10.2 Å². The summed E-state index contributed by atoms with van der Waals surface area (Å²) in [6.45, 7) is 1.98. The molecule has 1 unspecified atom stereocenters. The molecule has 1 N–H and O–H groups in total. The minimum atomic E-state index is -3.41. The molecule has 0 saturated carbocycles. The molecule has 1 aromatic carbocycles. The molecular formula is C16H23N3O3S. The fraction of sp³-hybridized carbons (Fsp3) is 0.562. The third kappa shape index (κ3) is 3.73. The molecule has 1 aromatic rings. The highest BCUT2D eigenvalue weighted by Crippen LogP contribution is 2.24. The predicted octanol–water partition coefficient (Wildman–Crippen LogP) is 1.68. The first-order valence-corrected chi connectivity index (χ1v) is 9.58. The van der Waals surface area contributed by atoms with E-state index in [1.165, 1.54) is 4.31 Å². The van der Waals surface area contributed by atoms with Gasteiger partial charge in [0, 0.05) is 31.9 Å². The lowest BCUT2D eigenvalue weighted by atomic mass is 9.99. The molecule has 23 heavy (non-hydrogen) atoms. The number of carbonyl (C=O) groups is 1. The molecule has 0 aromatic heterocycles. The first-order valence-electron chi connectivity index (χ1n) is 8.18. The van der Waals surface area contributed by atoms with Crippen molar-refractivity contribution in [3.8, 4) is 0 Å². The zero-order chi connectivity index (χ0) is 16.3. The van der Waals surface area contributed by atoms with Crippen LogP contribution < -0.4 is 5.32 Å². The number of anilines is 1. The Balaban J connectivity index is 1.65. The summed E-state index contributed by atoms with van der Waals surface area (Å²) in [6, 6.07) is 9.28. The minimum Gasteiger partial charge on any atom is -0.326 e. The Bertz CT molecular complexity index is 642. The average molecular weight is 337 g/mol. The molecule has 2 heterocycles. The number of para-hydroxylation sites is 1. The van der Waals surface area contributed by atoms with Crippen molar-refractivity contribution in [2.24, 2.45) is 5.92 Å². The quantitative estimate of drug-likeness (QED) is 0.909. The van der Waals surface area contributed by atoms with Gasteiger partial charge in [-0.3, -0.25) is 4.79 Å². The van der Waals surface area contributed by atoms with Crippen molar-refractivity contribution in [2.45, 2.75) is 25.7 Å². The summed E-state index contributed by atoms with van der Waals surface area (Å²) >= 11 is 0. The standard InChI is InChI=1S/C16H23N3O3S/c20-16(17-15-8-2-1-3-9-15)14-7-6-12-19(13-14)23(21,22)18-10-4-5-11-18/h1-3,8-9,14H,4-7,10-13H2,(H,17,20). The number of amides is 1. The van der Waals surface area contributed by atoms with Crippen molar-refractivity contribution in [3.63, 3.8) is 0 Å². The van der Waals surface area contributed by atoms with Crippen LogP contribution in [-0.4, -0.2) is 49.1 Å². The zero-order valence-electron chi connectivity index (χ0n) is 13.1. The van der Waals surface area contributed by atoms with Gasteiger partial charge >= 0.3 is 0 Å². The zero-order valence-corrected chi connectivity index (χ0v) is 14.0. The molecule has 2 saturated heterocycles. The third-order valence-electron chi connectivity index (χ3n) is 4.51. The Hall–Kier alpha value is -1.44. The third-order valence-corrected chi connectivity index (χ3v) is 6.52. The first-order chi connectivity index (χ1) is 11.1. The molecule has 0 radical (unpaired) electrons. The number of nitrogens with zero attached hydrogens (tertiary/aromatic N) is 2. The van der Waals surface area contributed by atoms with E-state index in [0.29, 0.717) is 19.6 Å². The Morgan fingerprint density at radius 2 is 1.65 bits per heavy atom. The summed E-state index contributed by atoms with van der Waals surface area (Å²) in [7, 11) is -3.41. The second-order valence-corrected chi connectivity index (χ2v) is 8.09. The highest BCUT2D eigenvalue weighted by Gasteiger charge is 2.36. The lowest BCUT2D eigenvalue weighted by molar-refractivity contribution is -0.120. The van der Waals surface area contributed by atoms with Crippen LogP contribution in [0.5, 0.6) is 0 Å². The summed E-state index contributed by atoms with van der Waals surface area (Å²) < 4.78 is 28.3. The van der Waals surface area contributed by atoms with Crippen LogP contribution in [0.2, 0.25) is 0 Å². The van der Waals surface area contributed by atoms with Crippen LogP contribution in [-0.2, 0) is 15.0 Å². The van der Waals surface area contributed by atoms with Gasteiger partial charge in [-0.25, -0.2) is 0 Å². The van der Waals surface area contributed by atoms with Crippen molar-refractivity contribution >= 4 is 21.8 Å². The molecule has 0 aliphatic carbocycles. The number of piperidine rings is 1. The van der Waals surface area contributed by atoms with E-state index in [4.69, 9.17) is 0 Å². The largest absolute Gasteiger partial charge is 0.326 e. The number of nitrogens with one attached hydrogen (secondary N) is 1. The normalized spacial score (nSPS) is 23.7. The lowest BCUT2D eigenvalue weighted by Crippen LogP contribution is -2.49. The predicted molar refractivity (Wildman–Crippen MR) is 89.1 cm³/mol. The number of hydrogen-bond acceptors (Lipinski definition) is 3. The molecule has 2 aliphatic heterocycles. The maximum Gasteiger partial charge on any atom is 0.281 e. The summed E-state index contributed by atoms with van der Waals surface area (Å²) in [4.78, 5) is 12.4. The van der Waals surface area contributed by atoms with Crippen LogP contribution in [0.4, 0.5) is 5.69 Å². The van der Waals surface area contributed by atoms with Crippen molar-refractivity contribution in [1.29, 1.82) is 0 Å². The van der Waals surface area contributed by atoms with Gasteiger partial charge < -0.3 is 5.32 Å². The molecule has 126 valence electrons. The fourth-order valence-electron chi connectivity index (χ4n) is 3.21. The Morgan fingerprint density at radius 1 is 1.00 bits per heavy atom. The second-order valence-electron chi connectivity index (χ2n) is 6.17. The number of hydrogen-bond donors (Lipinski definition) is 1. The highest BCUT2D eigenvalue weighted by atomic mass is 32.2. The van der Waals surface area contributed by atoms with Crippen LogP contribution in [0.1, 0.15) is 25.7 Å². The van der Waals surface area contributed by atoms with Gasteiger partial charge in [-0.1, -0.05) is 18.2 Å². The van der Waals surface area contributed by atoms with Crippen LogP contribution in [0, 0.1) is 5.92 Å². The summed E-state index contributed by atoms with van der Waals surface area (Å²) in [5.41, 5.74) is 0.747. The van der Waals surface area contributed by atoms with E-state index in [2.05, 4.69) is 5.32 Å². The molecule has 0 bridgehead atoms. The van der Waals surface area contributed by atoms with E-state index >= 15 is 0 Å². The topological polar surface area (TPSA) is 69.7 Å². The molecule has 7 heteroatoms. The van der Waals surface area contributed by atoms with Crippen molar-refractivity contribution in [1.82, 2.24) is 8.61 Å². The second kappa shape index (κ2) is 6.98. The van der Waals surface area contributed by atoms with Crippen molar-refractivity contribution in [2.75, 3.05) is 31.5 Å². The van der Waals surface area contributed by atoms with E-state index in [1.807, 2.05) is 30.3 Å². The molecule has 1 atom stereocenters. The minimum absolute atomic E-state index is 0.0995. The van der Waals surface area contributed by atoms with Gasteiger partial charge in [-0.05, 0) is 37.8 Å². The number of rotatable bonds is 4. The van der Waals surface area contributed by atoms with E-state index < -0.39 is 10.2 Å². The van der Waals surface area contributed by atoms with Gasteiger partial charge in [-0.15, -0.1) is 0 Å². The monoisotopic (exact) mass is 337 g/mol. The Kier molecular flexibility index (Phi) is 4.99. The van der Waals surface area contributed by atoms with Gasteiger partial charge in [0.1, 0.15) is 0 Å². The van der Waals surface area contributed by atoms with Crippen LogP contribution in [0.15, 0.2) is 30.3 Å². The van der Waals surface area contributed by atoms with Gasteiger partial charge in [-0.2, -0.15) is 17.0 Å². The maximum absolute atomic E-state index is 12.6. The van der Waals surface area contributed by atoms with E-state index in [-0.39, 0.29) is 18.4 Å². The van der Waals surface area contributed by atoms with Crippen molar-refractivity contribution < 1.29 is 13.2 Å². The summed E-state index contributed by atoms with van der Waals surface area (Å²) in [6.07, 6.45) is 3.29. The molecule has 1 amide bonds. The van der Waals surface area contributed by atoms with Crippen LogP contribution >= 0.6 is 0 Å². The number of carbonyl (C=O) groups excluding carboxylic acids is 1. The molecule has 3 rings (SSSR count). The fourth-order valence-corrected chi connectivity index (χ4v) is 4.99. The summed E-state index contributed by atoms with van der Waals surface area (Å²) in [5.74, 6) is -0.390. The van der Waals surface area contributed by atoms with E-state index in [0.717, 1.165) is 31.4 Å². The molecule has 2 aliphatic rings. The van der Waals surface area contributed by atoms with Crippen LogP contribution in [0.3, 0.4) is 0 Å².